The van der Waals surface area contributed by atoms with Crippen LogP contribution in [0.3, 0.4) is 0 Å². The lowest BCUT2D eigenvalue weighted by Gasteiger charge is -2.18. The van der Waals surface area contributed by atoms with E-state index in [1.54, 1.807) is 0 Å². The molecular formula is C26H24N6O3. The number of hydrazine groups is 1. The average molecular weight is 469 g/mol. The number of nitrogens with zero attached hydrogens (tertiary/aromatic N) is 3. The van der Waals surface area contributed by atoms with Crippen LogP contribution in [0.25, 0.3) is 0 Å². The Labute approximate surface area is 202 Å². The molecule has 0 fully saturated rings. The van der Waals surface area contributed by atoms with E-state index in [9.17, 15) is 14.9 Å². The molecular weight excluding hydrogens is 444 g/mol. The van der Waals surface area contributed by atoms with Crippen LogP contribution >= 0.6 is 0 Å². The molecule has 0 aliphatic carbocycles. The number of hydrogen-bond acceptors (Lipinski definition) is 7. The van der Waals surface area contributed by atoms with Gasteiger partial charge in [-0.1, -0.05) is 72.8 Å². The Bertz CT molecular complexity index is 1310. The van der Waals surface area contributed by atoms with Gasteiger partial charge in [-0.2, -0.15) is 0 Å². The first kappa shape index (κ1) is 23.4. The third-order valence-corrected chi connectivity index (χ3v) is 5.48. The predicted molar refractivity (Wildman–Crippen MR) is 134 cm³/mol. The van der Waals surface area contributed by atoms with Crippen LogP contribution in [-0.2, 0) is 4.79 Å². The number of rotatable bonds is 8. The lowest BCUT2D eigenvalue weighted by Crippen LogP contribution is -2.35. The lowest BCUT2D eigenvalue weighted by atomic mass is 9.91. The molecule has 4 aromatic rings. The predicted octanol–water partition coefficient (Wildman–Crippen LogP) is 5.02. The Kier molecular flexibility index (Phi) is 6.96. The van der Waals surface area contributed by atoms with Crippen molar-refractivity contribution in [1.82, 2.24) is 15.4 Å². The Morgan fingerprint density at radius 3 is 2.09 bits per heavy atom. The number of nitrogens with one attached hydrogen (secondary N) is 3. The Morgan fingerprint density at radius 2 is 1.49 bits per heavy atom. The highest BCUT2D eigenvalue weighted by Crippen LogP contribution is 2.32. The average Bonchev–Trinajstić information content (AvgIpc) is 2.86. The Balaban J connectivity index is 1.61. The van der Waals surface area contributed by atoms with Crippen LogP contribution in [0.4, 0.5) is 23.0 Å². The van der Waals surface area contributed by atoms with E-state index >= 15 is 0 Å². The van der Waals surface area contributed by atoms with Gasteiger partial charge < -0.3 is 5.32 Å². The van der Waals surface area contributed by atoms with Crippen LogP contribution in [0.5, 0.6) is 0 Å². The first-order chi connectivity index (χ1) is 16.9. The zero-order valence-corrected chi connectivity index (χ0v) is 19.2. The fraction of sp³-hybridized carbons (Fsp3) is 0.115. The van der Waals surface area contributed by atoms with E-state index in [2.05, 4.69) is 26.1 Å². The minimum Gasteiger partial charge on any atom is -0.334 e. The Morgan fingerprint density at radius 1 is 0.886 bits per heavy atom. The molecule has 0 saturated heterocycles. The fourth-order valence-electron chi connectivity index (χ4n) is 3.71. The summed E-state index contributed by atoms with van der Waals surface area (Å²) in [6.45, 7) is 3.82. The SMILES string of the molecule is Cc1ccc(C)c(Nc2ncnc(NNC(=O)C(c3ccccc3)c3ccccc3)c2[N+](=O)[O-])c1. The number of hydrogen-bond donors (Lipinski definition) is 3. The smallest absolute Gasteiger partial charge is 0.334 e. The highest BCUT2D eigenvalue weighted by Gasteiger charge is 2.26. The Hall–Kier alpha value is -4.79. The monoisotopic (exact) mass is 468 g/mol. The van der Waals surface area contributed by atoms with Crippen LogP contribution in [0.1, 0.15) is 28.2 Å². The number of carbonyl (C=O) groups excluding carboxylic acids is 1. The summed E-state index contributed by atoms with van der Waals surface area (Å²) >= 11 is 0. The van der Waals surface area contributed by atoms with E-state index in [1.807, 2.05) is 92.7 Å². The fourth-order valence-corrected chi connectivity index (χ4v) is 3.71. The highest BCUT2D eigenvalue weighted by molar-refractivity contribution is 5.88. The van der Waals surface area contributed by atoms with Crippen molar-refractivity contribution < 1.29 is 9.72 Å². The van der Waals surface area contributed by atoms with Gasteiger partial charge >= 0.3 is 5.69 Å². The number of amides is 1. The van der Waals surface area contributed by atoms with E-state index in [1.165, 1.54) is 6.33 Å². The van der Waals surface area contributed by atoms with E-state index < -0.39 is 10.8 Å². The number of aryl methyl sites for hydroxylation is 2. The topological polar surface area (TPSA) is 122 Å². The van der Waals surface area contributed by atoms with Crippen LogP contribution in [0, 0.1) is 24.0 Å². The molecule has 3 N–H and O–H groups in total. The third kappa shape index (κ3) is 5.41. The van der Waals surface area contributed by atoms with Crippen molar-refractivity contribution in [2.24, 2.45) is 0 Å². The molecule has 1 amide bonds. The number of nitro groups is 1. The standard InChI is InChI=1S/C26H24N6O3/c1-17-13-14-18(2)21(15-17)29-24-23(32(34)35)25(28-16-27-24)30-31-26(33)22(19-9-5-3-6-10-19)20-11-7-4-8-12-20/h3-16,22H,1-2H3,(H,31,33)(H2,27,28,29,30). The second kappa shape index (κ2) is 10.4. The molecule has 0 saturated carbocycles. The number of aromatic nitrogens is 2. The first-order valence-corrected chi connectivity index (χ1v) is 10.9. The molecule has 3 aromatic carbocycles. The zero-order valence-electron chi connectivity index (χ0n) is 19.2. The highest BCUT2D eigenvalue weighted by atomic mass is 16.6. The van der Waals surface area contributed by atoms with Gasteiger partial charge in [-0.25, -0.2) is 9.97 Å². The van der Waals surface area contributed by atoms with Crippen LogP contribution in [0.2, 0.25) is 0 Å². The van der Waals surface area contributed by atoms with Crippen LogP contribution < -0.4 is 16.2 Å². The van der Waals surface area contributed by atoms with Crippen molar-refractivity contribution in [3.05, 3.63) is 118 Å². The van der Waals surface area contributed by atoms with Gasteiger partial charge in [0, 0.05) is 5.69 Å². The maximum absolute atomic E-state index is 13.3. The van der Waals surface area contributed by atoms with Crippen molar-refractivity contribution in [2.45, 2.75) is 19.8 Å². The molecule has 9 nitrogen and oxygen atoms in total. The quantitative estimate of drug-likeness (QED) is 0.245. The number of anilines is 3. The van der Waals surface area contributed by atoms with E-state index in [-0.39, 0.29) is 23.2 Å². The zero-order chi connectivity index (χ0) is 24.8. The van der Waals surface area contributed by atoms with Crippen LogP contribution in [-0.4, -0.2) is 20.8 Å². The van der Waals surface area contributed by atoms with Crippen molar-refractivity contribution >= 4 is 28.9 Å². The van der Waals surface area contributed by atoms with Gasteiger partial charge in [0.05, 0.1) is 10.8 Å². The maximum atomic E-state index is 13.3. The second-order valence-corrected chi connectivity index (χ2v) is 7.99. The molecule has 0 spiro atoms. The molecule has 0 aliphatic heterocycles. The van der Waals surface area contributed by atoms with Gasteiger partial charge in [0.15, 0.2) is 0 Å². The summed E-state index contributed by atoms with van der Waals surface area (Å²) in [6, 6.07) is 24.3. The van der Waals surface area contributed by atoms with Gasteiger partial charge in [-0.15, -0.1) is 0 Å². The van der Waals surface area contributed by atoms with Gasteiger partial charge in [0.25, 0.3) is 0 Å². The number of carbonyl (C=O) groups is 1. The minimum absolute atomic E-state index is 0.0121. The lowest BCUT2D eigenvalue weighted by molar-refractivity contribution is -0.383. The molecule has 0 atom stereocenters. The molecule has 1 aromatic heterocycles. The van der Waals surface area contributed by atoms with Crippen LogP contribution in [0.15, 0.2) is 85.2 Å². The molecule has 0 radical (unpaired) electrons. The van der Waals surface area contributed by atoms with E-state index in [4.69, 9.17) is 0 Å². The van der Waals surface area contributed by atoms with E-state index in [0.29, 0.717) is 5.69 Å². The normalized spacial score (nSPS) is 10.6. The summed E-state index contributed by atoms with van der Waals surface area (Å²) in [5, 5.41) is 15.0. The maximum Gasteiger partial charge on any atom is 0.355 e. The minimum atomic E-state index is -0.627. The van der Waals surface area contributed by atoms with Crippen molar-refractivity contribution in [3.8, 4) is 0 Å². The summed E-state index contributed by atoms with van der Waals surface area (Å²) in [6.07, 6.45) is 1.20. The molecule has 0 aliphatic rings. The molecule has 1 heterocycles. The molecule has 35 heavy (non-hydrogen) atoms. The first-order valence-electron chi connectivity index (χ1n) is 10.9. The van der Waals surface area contributed by atoms with E-state index in [0.717, 1.165) is 22.3 Å². The van der Waals surface area contributed by atoms with Crippen molar-refractivity contribution in [2.75, 3.05) is 10.7 Å². The van der Waals surface area contributed by atoms with Gasteiger partial charge in [0.2, 0.25) is 17.5 Å². The van der Waals surface area contributed by atoms with Crippen molar-refractivity contribution in [3.63, 3.8) is 0 Å². The summed E-state index contributed by atoms with van der Waals surface area (Å²) in [5.74, 6) is -1.14. The van der Waals surface area contributed by atoms with Crippen molar-refractivity contribution in [1.29, 1.82) is 0 Å². The largest absolute Gasteiger partial charge is 0.355 e. The summed E-state index contributed by atoms with van der Waals surface area (Å²) in [7, 11) is 0. The van der Waals surface area contributed by atoms with Gasteiger partial charge in [-0.05, 0) is 42.2 Å². The summed E-state index contributed by atoms with van der Waals surface area (Å²) < 4.78 is 0. The summed E-state index contributed by atoms with van der Waals surface area (Å²) in [5.41, 5.74) is 9.00. The number of benzene rings is 3. The third-order valence-electron chi connectivity index (χ3n) is 5.48. The van der Waals surface area contributed by atoms with Gasteiger partial charge in [0.1, 0.15) is 6.33 Å². The molecule has 4 rings (SSSR count). The molecule has 0 bridgehead atoms. The molecule has 176 valence electrons. The second-order valence-electron chi connectivity index (χ2n) is 7.99. The van der Waals surface area contributed by atoms with Gasteiger partial charge in [-0.3, -0.25) is 25.8 Å². The molecule has 9 heteroatoms. The molecule has 0 unspecified atom stereocenters. The summed E-state index contributed by atoms with van der Waals surface area (Å²) in [4.78, 5) is 32.7.